The summed E-state index contributed by atoms with van der Waals surface area (Å²) in [6.45, 7) is 5.36. The predicted molar refractivity (Wildman–Crippen MR) is 94.3 cm³/mol. The van der Waals surface area contributed by atoms with Crippen molar-refractivity contribution in [2.75, 3.05) is 5.32 Å². The second-order valence-electron chi connectivity index (χ2n) is 5.66. The third-order valence-electron chi connectivity index (χ3n) is 3.51. The first-order valence-corrected chi connectivity index (χ1v) is 7.75. The largest absolute Gasteiger partial charge is 0.481 e. The molecule has 0 spiro atoms. The second kappa shape index (κ2) is 7.97. The zero-order valence-corrected chi connectivity index (χ0v) is 14.3. The lowest BCUT2D eigenvalue weighted by Gasteiger charge is -2.15. The molecule has 128 valence electrons. The minimum absolute atomic E-state index is 0.386. The summed E-state index contributed by atoms with van der Waals surface area (Å²) >= 11 is 0. The van der Waals surface area contributed by atoms with E-state index >= 15 is 0 Å². The Bertz CT molecular complexity index is 840. The molecule has 0 bridgehead atoms. The first-order valence-electron chi connectivity index (χ1n) is 7.75. The van der Waals surface area contributed by atoms with E-state index in [1.165, 1.54) is 13.0 Å². The maximum Gasteiger partial charge on any atom is 0.325 e. The van der Waals surface area contributed by atoms with Gasteiger partial charge >= 0.3 is 6.03 Å². The number of carbonyl (C=O) groups is 2. The Morgan fingerprint density at radius 3 is 2.60 bits per heavy atom. The normalized spacial score (nSPS) is 11.1. The number of imide groups is 1. The summed E-state index contributed by atoms with van der Waals surface area (Å²) < 4.78 is 5.47. The number of benzene rings is 2. The van der Waals surface area contributed by atoms with Crippen LogP contribution in [0.15, 0.2) is 42.5 Å². The lowest BCUT2D eigenvalue weighted by molar-refractivity contribution is -0.126. The van der Waals surface area contributed by atoms with E-state index < -0.39 is 18.0 Å². The van der Waals surface area contributed by atoms with Gasteiger partial charge in [0.1, 0.15) is 5.75 Å². The highest BCUT2D eigenvalue weighted by Crippen LogP contribution is 2.16. The molecule has 2 rings (SSSR count). The fourth-order valence-electron chi connectivity index (χ4n) is 2.22. The van der Waals surface area contributed by atoms with Crippen LogP contribution in [0, 0.1) is 25.2 Å². The van der Waals surface area contributed by atoms with Gasteiger partial charge in [-0.3, -0.25) is 10.1 Å². The van der Waals surface area contributed by atoms with E-state index in [2.05, 4.69) is 10.6 Å². The van der Waals surface area contributed by atoms with E-state index in [1.807, 2.05) is 32.0 Å². The molecule has 0 aliphatic rings. The highest BCUT2D eigenvalue weighted by Gasteiger charge is 2.18. The molecule has 0 saturated carbocycles. The van der Waals surface area contributed by atoms with Crippen molar-refractivity contribution >= 4 is 17.6 Å². The number of nitriles is 1. The van der Waals surface area contributed by atoms with Gasteiger partial charge in [0, 0.05) is 5.69 Å². The molecule has 1 unspecified atom stereocenters. The minimum Gasteiger partial charge on any atom is -0.481 e. The summed E-state index contributed by atoms with van der Waals surface area (Å²) in [7, 11) is 0. The summed E-state index contributed by atoms with van der Waals surface area (Å²) in [5.74, 6) is -0.193. The summed E-state index contributed by atoms with van der Waals surface area (Å²) in [6, 6.07) is 13.4. The average molecular weight is 337 g/mol. The van der Waals surface area contributed by atoms with Gasteiger partial charge in [-0.15, -0.1) is 0 Å². The van der Waals surface area contributed by atoms with E-state index in [9.17, 15) is 9.59 Å². The van der Waals surface area contributed by atoms with E-state index in [-0.39, 0.29) is 0 Å². The first kappa shape index (κ1) is 18.0. The van der Waals surface area contributed by atoms with E-state index in [1.54, 1.807) is 24.3 Å². The maximum absolute atomic E-state index is 12.1. The number of nitrogens with zero attached hydrogens (tertiary/aromatic N) is 1. The van der Waals surface area contributed by atoms with Gasteiger partial charge in [-0.05, 0) is 50.6 Å². The Morgan fingerprint density at radius 1 is 1.16 bits per heavy atom. The Labute approximate surface area is 146 Å². The molecule has 0 aliphatic heterocycles. The summed E-state index contributed by atoms with van der Waals surface area (Å²) in [5, 5.41) is 13.7. The zero-order chi connectivity index (χ0) is 18.4. The molecule has 0 aromatic heterocycles. The Kier molecular flexibility index (Phi) is 5.75. The van der Waals surface area contributed by atoms with E-state index in [4.69, 9.17) is 10.00 Å². The topological polar surface area (TPSA) is 91.2 Å². The SMILES string of the molecule is Cc1ccc(NC(=O)NC(=O)C(C)Oc2cccc(C#N)c2)c(C)c1. The van der Waals surface area contributed by atoms with Crippen molar-refractivity contribution < 1.29 is 14.3 Å². The van der Waals surface area contributed by atoms with Crippen LogP contribution in [0.2, 0.25) is 0 Å². The van der Waals surface area contributed by atoms with Crippen LogP contribution in [0.4, 0.5) is 10.5 Å². The van der Waals surface area contributed by atoms with Crippen molar-refractivity contribution in [3.8, 4) is 11.8 Å². The number of hydrogen-bond donors (Lipinski definition) is 2. The summed E-state index contributed by atoms with van der Waals surface area (Å²) in [5.41, 5.74) is 3.05. The van der Waals surface area contributed by atoms with Gasteiger partial charge in [0.2, 0.25) is 0 Å². The molecule has 0 fully saturated rings. The molecular formula is C19H19N3O3. The van der Waals surface area contributed by atoms with Crippen LogP contribution in [0.25, 0.3) is 0 Å². The quantitative estimate of drug-likeness (QED) is 0.895. The molecule has 6 heteroatoms. The van der Waals surface area contributed by atoms with Crippen LogP contribution in [0.3, 0.4) is 0 Å². The minimum atomic E-state index is -0.890. The third kappa shape index (κ3) is 5.08. The van der Waals surface area contributed by atoms with Crippen molar-refractivity contribution in [1.29, 1.82) is 5.26 Å². The molecule has 0 radical (unpaired) electrons. The second-order valence-corrected chi connectivity index (χ2v) is 5.66. The number of ether oxygens (including phenoxy) is 1. The van der Waals surface area contributed by atoms with Crippen LogP contribution < -0.4 is 15.4 Å². The van der Waals surface area contributed by atoms with Gasteiger partial charge in [0.25, 0.3) is 5.91 Å². The smallest absolute Gasteiger partial charge is 0.325 e. The number of carbonyl (C=O) groups excluding carboxylic acids is 2. The molecule has 0 saturated heterocycles. The Morgan fingerprint density at radius 2 is 1.92 bits per heavy atom. The summed E-state index contributed by atoms with van der Waals surface area (Å²) in [6.07, 6.45) is -0.890. The van der Waals surface area contributed by atoms with Crippen LogP contribution in [-0.4, -0.2) is 18.0 Å². The maximum atomic E-state index is 12.1. The molecule has 1 atom stereocenters. The van der Waals surface area contributed by atoms with E-state index in [0.29, 0.717) is 17.0 Å². The molecule has 2 aromatic rings. The molecule has 0 aliphatic carbocycles. The number of rotatable bonds is 4. The fourth-order valence-corrected chi connectivity index (χ4v) is 2.22. The first-order chi connectivity index (χ1) is 11.9. The van der Waals surface area contributed by atoms with Gasteiger partial charge in [-0.25, -0.2) is 4.79 Å². The molecule has 2 aromatic carbocycles. The van der Waals surface area contributed by atoms with E-state index in [0.717, 1.165) is 11.1 Å². The van der Waals surface area contributed by atoms with Crippen molar-refractivity contribution in [1.82, 2.24) is 5.32 Å². The van der Waals surface area contributed by atoms with Crippen molar-refractivity contribution in [3.05, 3.63) is 59.2 Å². The average Bonchev–Trinajstić information content (AvgIpc) is 2.57. The molecule has 0 heterocycles. The van der Waals surface area contributed by atoms with Crippen LogP contribution >= 0.6 is 0 Å². The Hall–Kier alpha value is -3.33. The van der Waals surface area contributed by atoms with Crippen molar-refractivity contribution in [2.24, 2.45) is 0 Å². The molecule has 3 amide bonds. The number of urea groups is 1. The number of aryl methyl sites for hydroxylation is 2. The number of nitrogens with one attached hydrogen (secondary N) is 2. The van der Waals surface area contributed by atoms with Crippen LogP contribution in [-0.2, 0) is 4.79 Å². The summed E-state index contributed by atoms with van der Waals surface area (Å²) in [4.78, 5) is 24.1. The standard InChI is InChI=1S/C19H19N3O3/c1-12-7-8-17(13(2)9-12)21-19(24)22-18(23)14(3)25-16-6-4-5-15(10-16)11-20/h4-10,14H,1-3H3,(H2,21,22,23,24). The number of hydrogen-bond acceptors (Lipinski definition) is 4. The van der Waals surface area contributed by atoms with Gasteiger partial charge in [0.15, 0.2) is 6.10 Å². The van der Waals surface area contributed by atoms with Crippen LogP contribution in [0.5, 0.6) is 5.75 Å². The van der Waals surface area contributed by atoms with Crippen molar-refractivity contribution in [3.63, 3.8) is 0 Å². The lowest BCUT2D eigenvalue weighted by Crippen LogP contribution is -2.42. The van der Waals surface area contributed by atoms with Gasteiger partial charge < -0.3 is 10.1 Å². The molecular weight excluding hydrogens is 318 g/mol. The van der Waals surface area contributed by atoms with Gasteiger partial charge in [-0.2, -0.15) is 5.26 Å². The monoisotopic (exact) mass is 337 g/mol. The van der Waals surface area contributed by atoms with Crippen molar-refractivity contribution in [2.45, 2.75) is 26.9 Å². The van der Waals surface area contributed by atoms with Crippen LogP contribution in [0.1, 0.15) is 23.6 Å². The van der Waals surface area contributed by atoms with Gasteiger partial charge in [0.05, 0.1) is 11.6 Å². The highest BCUT2D eigenvalue weighted by atomic mass is 16.5. The lowest BCUT2D eigenvalue weighted by atomic mass is 10.1. The Balaban J connectivity index is 1.93. The van der Waals surface area contributed by atoms with Gasteiger partial charge in [-0.1, -0.05) is 23.8 Å². The molecule has 25 heavy (non-hydrogen) atoms. The fraction of sp³-hybridized carbons (Fsp3) is 0.211. The predicted octanol–water partition coefficient (Wildman–Crippen LogP) is 3.29. The number of amides is 3. The number of anilines is 1. The highest BCUT2D eigenvalue weighted by molar-refractivity contribution is 6.02. The third-order valence-corrected chi connectivity index (χ3v) is 3.51. The molecule has 6 nitrogen and oxygen atoms in total. The zero-order valence-electron chi connectivity index (χ0n) is 14.3. The molecule has 2 N–H and O–H groups in total.